The Balaban J connectivity index is 1.39. The van der Waals surface area contributed by atoms with Crippen LogP contribution in [0.3, 0.4) is 0 Å². The van der Waals surface area contributed by atoms with E-state index in [1.165, 1.54) is 19.3 Å². The van der Waals surface area contributed by atoms with Crippen molar-refractivity contribution in [3.8, 4) is 0 Å². The molecule has 3 aliphatic carbocycles. The number of nitrogens with zero attached hydrogens (tertiary/aromatic N) is 1. The summed E-state index contributed by atoms with van der Waals surface area (Å²) in [4.78, 5) is 25.3. The maximum atomic E-state index is 12.6. The van der Waals surface area contributed by atoms with Gasteiger partial charge in [-0.2, -0.15) is 0 Å². The lowest BCUT2D eigenvalue weighted by Crippen LogP contribution is -2.29. The Morgan fingerprint density at radius 3 is 2.27 bits per heavy atom. The summed E-state index contributed by atoms with van der Waals surface area (Å²) in [5.41, 5.74) is 1.26. The summed E-state index contributed by atoms with van der Waals surface area (Å²) >= 11 is 0. The first-order chi connectivity index (χ1) is 10.6. The van der Waals surface area contributed by atoms with Crippen LogP contribution in [0.25, 0.3) is 0 Å². The molecule has 3 saturated carbocycles. The van der Waals surface area contributed by atoms with Crippen LogP contribution in [0.5, 0.6) is 0 Å². The van der Waals surface area contributed by atoms with E-state index in [-0.39, 0.29) is 17.4 Å². The van der Waals surface area contributed by atoms with E-state index in [2.05, 4.69) is 0 Å². The van der Waals surface area contributed by atoms with Gasteiger partial charge in [-0.15, -0.1) is 0 Å². The zero-order chi connectivity index (χ0) is 15.4. The van der Waals surface area contributed by atoms with Crippen LogP contribution in [0, 0.1) is 29.6 Å². The zero-order valence-electron chi connectivity index (χ0n) is 12.7. The summed E-state index contributed by atoms with van der Waals surface area (Å²) in [5, 5.41) is 8.91. The first kappa shape index (κ1) is 13.8. The van der Waals surface area contributed by atoms with E-state index in [9.17, 15) is 9.59 Å². The molecule has 116 valence electrons. The molecule has 4 heteroatoms. The van der Waals surface area contributed by atoms with Crippen LogP contribution in [-0.4, -0.2) is 28.9 Å². The minimum absolute atomic E-state index is 0.273. The number of fused-ring (bicyclic) bond motifs is 5. The lowest BCUT2D eigenvalue weighted by molar-refractivity contribution is -0.132. The summed E-state index contributed by atoms with van der Waals surface area (Å²) in [6.07, 6.45) is 4.02. The fourth-order valence-corrected chi connectivity index (χ4v) is 5.01. The minimum Gasteiger partial charge on any atom is -0.478 e. The fourth-order valence-electron chi connectivity index (χ4n) is 5.01. The van der Waals surface area contributed by atoms with E-state index in [0.717, 1.165) is 17.4 Å². The maximum Gasteiger partial charge on any atom is 0.335 e. The van der Waals surface area contributed by atoms with Gasteiger partial charge in [0.05, 0.1) is 5.56 Å². The van der Waals surface area contributed by atoms with Gasteiger partial charge in [0.2, 0.25) is 5.91 Å². The van der Waals surface area contributed by atoms with Crippen LogP contribution in [0.4, 0.5) is 0 Å². The molecule has 3 fully saturated rings. The molecule has 0 radical (unpaired) electrons. The fraction of sp³-hybridized carbons (Fsp3) is 0.556. The first-order valence-corrected chi connectivity index (χ1v) is 8.13. The monoisotopic (exact) mass is 299 g/mol. The molecule has 0 heterocycles. The molecule has 0 aromatic heterocycles. The quantitative estimate of drug-likeness (QED) is 0.930. The van der Waals surface area contributed by atoms with E-state index >= 15 is 0 Å². The maximum absolute atomic E-state index is 12.6. The van der Waals surface area contributed by atoms with E-state index in [1.807, 2.05) is 11.9 Å². The Labute approximate surface area is 130 Å². The summed E-state index contributed by atoms with van der Waals surface area (Å²) in [7, 11) is 1.86. The molecule has 3 aliphatic rings. The molecular formula is C18H21NO3. The van der Waals surface area contributed by atoms with Gasteiger partial charge in [0.25, 0.3) is 0 Å². The Hall–Kier alpha value is -1.84. The molecule has 1 aromatic rings. The SMILES string of the molecule is CN(Cc1ccc(C(=O)O)cc1)C(=O)C1[C@@H]2[C@H]3CC[C@@H](C3)[C@@H]12. The number of hydrogen-bond acceptors (Lipinski definition) is 2. The molecule has 1 amide bonds. The number of carboxylic acids is 1. The number of benzene rings is 1. The van der Waals surface area contributed by atoms with Gasteiger partial charge >= 0.3 is 5.97 Å². The third kappa shape index (κ3) is 2.04. The number of carboxylic acid groups (broad SMARTS) is 1. The molecule has 1 aromatic carbocycles. The molecule has 0 unspecified atom stereocenters. The van der Waals surface area contributed by atoms with Gasteiger partial charge in [0.15, 0.2) is 0 Å². The number of amides is 1. The highest BCUT2D eigenvalue weighted by Crippen LogP contribution is 2.69. The van der Waals surface area contributed by atoms with Crippen molar-refractivity contribution in [2.75, 3.05) is 7.05 Å². The average molecular weight is 299 g/mol. The number of carbonyl (C=O) groups is 2. The van der Waals surface area contributed by atoms with E-state index in [1.54, 1.807) is 24.3 Å². The summed E-state index contributed by atoms with van der Waals surface area (Å²) in [5.74, 6) is 2.60. The van der Waals surface area contributed by atoms with Crippen molar-refractivity contribution in [1.82, 2.24) is 4.90 Å². The molecule has 0 spiro atoms. The number of rotatable bonds is 4. The third-order valence-corrected chi connectivity index (χ3v) is 6.02. The summed E-state index contributed by atoms with van der Waals surface area (Å²) in [6.45, 7) is 0.560. The third-order valence-electron chi connectivity index (χ3n) is 6.02. The van der Waals surface area contributed by atoms with Gasteiger partial charge in [-0.1, -0.05) is 12.1 Å². The Morgan fingerprint density at radius 1 is 1.14 bits per heavy atom. The predicted octanol–water partition coefficient (Wildman–Crippen LogP) is 2.64. The van der Waals surface area contributed by atoms with Crippen LogP contribution in [0.1, 0.15) is 35.2 Å². The second kappa shape index (κ2) is 4.83. The molecular weight excluding hydrogens is 278 g/mol. The zero-order valence-corrected chi connectivity index (χ0v) is 12.7. The molecule has 4 rings (SSSR count). The van der Waals surface area contributed by atoms with Gasteiger partial charge in [0.1, 0.15) is 0 Å². The highest BCUT2D eigenvalue weighted by molar-refractivity contribution is 5.87. The Bertz CT molecular complexity index is 608. The van der Waals surface area contributed by atoms with E-state index < -0.39 is 5.97 Å². The van der Waals surface area contributed by atoms with Crippen LogP contribution < -0.4 is 0 Å². The summed E-state index contributed by atoms with van der Waals surface area (Å²) in [6, 6.07) is 6.79. The van der Waals surface area contributed by atoms with E-state index in [4.69, 9.17) is 5.11 Å². The van der Waals surface area contributed by atoms with Gasteiger partial charge < -0.3 is 10.0 Å². The molecule has 22 heavy (non-hydrogen) atoms. The van der Waals surface area contributed by atoms with Crippen molar-refractivity contribution in [2.45, 2.75) is 25.8 Å². The lowest BCUT2D eigenvalue weighted by Gasteiger charge is -2.19. The number of aromatic carboxylic acids is 1. The smallest absolute Gasteiger partial charge is 0.335 e. The van der Waals surface area contributed by atoms with Gasteiger partial charge in [-0.25, -0.2) is 4.79 Å². The number of hydrogen-bond donors (Lipinski definition) is 1. The Kier molecular flexibility index (Phi) is 3.03. The predicted molar refractivity (Wildman–Crippen MR) is 81.2 cm³/mol. The van der Waals surface area contributed by atoms with Gasteiger partial charge in [0, 0.05) is 19.5 Å². The van der Waals surface area contributed by atoms with Crippen molar-refractivity contribution in [3.05, 3.63) is 35.4 Å². The van der Waals surface area contributed by atoms with Crippen LogP contribution in [0.15, 0.2) is 24.3 Å². The second-order valence-corrected chi connectivity index (χ2v) is 7.21. The minimum atomic E-state index is -0.919. The molecule has 0 aliphatic heterocycles. The van der Waals surface area contributed by atoms with Crippen LogP contribution in [-0.2, 0) is 11.3 Å². The average Bonchev–Trinajstić information content (AvgIpc) is 2.93. The van der Waals surface area contributed by atoms with Gasteiger partial charge in [-0.3, -0.25) is 4.79 Å². The molecule has 2 bridgehead atoms. The summed E-state index contributed by atoms with van der Waals surface area (Å²) < 4.78 is 0. The van der Waals surface area contributed by atoms with Crippen molar-refractivity contribution in [2.24, 2.45) is 29.6 Å². The highest BCUT2D eigenvalue weighted by atomic mass is 16.4. The number of carbonyl (C=O) groups excluding carboxylic acids is 1. The molecule has 4 nitrogen and oxygen atoms in total. The standard InChI is InChI=1S/C18H21NO3/c1-19(9-10-2-4-11(5-3-10)18(21)22)17(20)16-14-12-6-7-13(8-12)15(14)16/h2-5,12-16H,6-9H2,1H3,(H,21,22)/t12-,13-,14+,15+/m0/s1. The highest BCUT2D eigenvalue weighted by Gasteiger charge is 2.67. The normalized spacial score (nSPS) is 34.3. The largest absolute Gasteiger partial charge is 0.478 e. The van der Waals surface area contributed by atoms with Gasteiger partial charge in [-0.05, 0) is 60.6 Å². The Morgan fingerprint density at radius 2 is 1.73 bits per heavy atom. The molecule has 4 atom stereocenters. The van der Waals surface area contributed by atoms with Crippen molar-refractivity contribution in [3.63, 3.8) is 0 Å². The van der Waals surface area contributed by atoms with Crippen LogP contribution in [0.2, 0.25) is 0 Å². The van der Waals surface area contributed by atoms with Crippen LogP contribution >= 0.6 is 0 Å². The molecule has 1 N–H and O–H groups in total. The van der Waals surface area contributed by atoms with Crippen molar-refractivity contribution < 1.29 is 14.7 Å². The molecule has 0 saturated heterocycles. The second-order valence-electron chi connectivity index (χ2n) is 7.21. The lowest BCUT2D eigenvalue weighted by atomic mass is 10.0. The first-order valence-electron chi connectivity index (χ1n) is 8.13. The van der Waals surface area contributed by atoms with Crippen molar-refractivity contribution in [1.29, 1.82) is 0 Å². The van der Waals surface area contributed by atoms with E-state index in [0.29, 0.717) is 18.4 Å². The topological polar surface area (TPSA) is 57.6 Å². The van der Waals surface area contributed by atoms with Crippen molar-refractivity contribution >= 4 is 11.9 Å².